The number of rotatable bonds is 4. The molecule has 96 valence electrons. The molecule has 1 aromatic carbocycles. The molecule has 1 nitrogen and oxygen atoms in total. The van der Waals surface area contributed by atoms with Crippen LogP contribution in [-0.4, -0.2) is 4.98 Å². The van der Waals surface area contributed by atoms with Crippen molar-refractivity contribution in [1.29, 1.82) is 0 Å². The molecule has 1 heterocycles. The number of halogens is 1. The van der Waals surface area contributed by atoms with Crippen molar-refractivity contribution in [3.8, 4) is 11.3 Å². The van der Waals surface area contributed by atoms with Crippen molar-refractivity contribution in [3.63, 3.8) is 0 Å². The summed E-state index contributed by atoms with van der Waals surface area (Å²) < 4.78 is 12.9. The van der Waals surface area contributed by atoms with Crippen LogP contribution >= 0.6 is 11.3 Å². The van der Waals surface area contributed by atoms with Crippen molar-refractivity contribution < 1.29 is 4.39 Å². The van der Waals surface area contributed by atoms with Crippen LogP contribution < -0.4 is 0 Å². The van der Waals surface area contributed by atoms with E-state index in [9.17, 15) is 4.39 Å². The van der Waals surface area contributed by atoms with Crippen molar-refractivity contribution in [3.05, 3.63) is 40.5 Å². The van der Waals surface area contributed by atoms with Gasteiger partial charge in [-0.05, 0) is 37.1 Å². The summed E-state index contributed by atoms with van der Waals surface area (Å²) in [5.74, 6) is -0.207. The van der Waals surface area contributed by atoms with Crippen molar-refractivity contribution in [2.75, 3.05) is 0 Å². The Hall–Kier alpha value is -1.22. The van der Waals surface area contributed by atoms with Gasteiger partial charge in [0.05, 0.1) is 10.7 Å². The molecule has 0 fully saturated rings. The fourth-order valence-electron chi connectivity index (χ4n) is 1.86. The zero-order valence-corrected chi connectivity index (χ0v) is 11.9. The van der Waals surface area contributed by atoms with Gasteiger partial charge in [-0.3, -0.25) is 0 Å². The van der Waals surface area contributed by atoms with Gasteiger partial charge in [-0.1, -0.05) is 20.8 Å². The Balaban J connectivity index is 2.33. The van der Waals surface area contributed by atoms with Gasteiger partial charge in [0.2, 0.25) is 0 Å². The maximum absolute atomic E-state index is 12.9. The fourth-order valence-corrected chi connectivity index (χ4v) is 2.99. The molecule has 2 aromatic rings. The first kappa shape index (κ1) is 13.2. The Labute approximate surface area is 112 Å². The summed E-state index contributed by atoms with van der Waals surface area (Å²) in [6.07, 6.45) is 2.17. The molecular formula is C15H18FNS. The van der Waals surface area contributed by atoms with Gasteiger partial charge in [0.15, 0.2) is 0 Å². The standard InChI is InChI=1S/C15H18FNS/c1-4-15(3,5-2)14-17-13(10-18-14)11-6-8-12(16)9-7-11/h6-10H,4-5H2,1-3H3. The minimum absolute atomic E-state index is 0.156. The molecule has 2 rings (SSSR count). The van der Waals surface area contributed by atoms with E-state index in [2.05, 4.69) is 26.2 Å². The van der Waals surface area contributed by atoms with Gasteiger partial charge in [0.1, 0.15) is 5.82 Å². The highest BCUT2D eigenvalue weighted by atomic mass is 32.1. The zero-order valence-electron chi connectivity index (χ0n) is 11.0. The van der Waals surface area contributed by atoms with E-state index in [0.29, 0.717) is 0 Å². The second-order valence-corrected chi connectivity index (χ2v) is 5.67. The average Bonchev–Trinajstić information content (AvgIpc) is 2.89. The van der Waals surface area contributed by atoms with Crippen LogP contribution in [0.5, 0.6) is 0 Å². The summed E-state index contributed by atoms with van der Waals surface area (Å²) in [6.45, 7) is 6.64. The van der Waals surface area contributed by atoms with Crippen LogP contribution in [0.4, 0.5) is 4.39 Å². The molecule has 0 aliphatic heterocycles. The van der Waals surface area contributed by atoms with Crippen molar-refractivity contribution in [2.24, 2.45) is 0 Å². The van der Waals surface area contributed by atoms with Gasteiger partial charge in [-0.25, -0.2) is 9.37 Å². The lowest BCUT2D eigenvalue weighted by Crippen LogP contribution is -2.19. The third-order valence-electron chi connectivity index (χ3n) is 3.72. The minimum Gasteiger partial charge on any atom is -0.241 e. The van der Waals surface area contributed by atoms with E-state index in [4.69, 9.17) is 4.98 Å². The summed E-state index contributed by atoms with van der Waals surface area (Å²) in [5.41, 5.74) is 2.08. The SMILES string of the molecule is CCC(C)(CC)c1nc(-c2ccc(F)cc2)cs1. The number of benzene rings is 1. The van der Waals surface area contributed by atoms with E-state index in [1.807, 2.05) is 0 Å². The van der Waals surface area contributed by atoms with Crippen LogP contribution in [0.15, 0.2) is 29.6 Å². The van der Waals surface area contributed by atoms with Crippen molar-refractivity contribution in [1.82, 2.24) is 4.98 Å². The van der Waals surface area contributed by atoms with Crippen LogP contribution in [-0.2, 0) is 5.41 Å². The molecule has 0 unspecified atom stereocenters. The topological polar surface area (TPSA) is 12.9 Å². The highest BCUT2D eigenvalue weighted by Gasteiger charge is 2.25. The normalized spacial score (nSPS) is 11.8. The van der Waals surface area contributed by atoms with Crippen LogP contribution in [0.1, 0.15) is 38.6 Å². The van der Waals surface area contributed by atoms with E-state index >= 15 is 0 Å². The summed E-state index contributed by atoms with van der Waals surface area (Å²) in [6, 6.07) is 6.52. The Morgan fingerprint density at radius 3 is 2.33 bits per heavy atom. The van der Waals surface area contributed by atoms with Crippen LogP contribution in [0.3, 0.4) is 0 Å². The summed E-state index contributed by atoms with van der Waals surface area (Å²) in [7, 11) is 0. The lowest BCUT2D eigenvalue weighted by molar-refractivity contribution is 0.437. The van der Waals surface area contributed by atoms with E-state index in [0.717, 1.165) is 24.1 Å². The maximum Gasteiger partial charge on any atom is 0.123 e. The monoisotopic (exact) mass is 263 g/mol. The van der Waals surface area contributed by atoms with Gasteiger partial charge >= 0.3 is 0 Å². The molecular weight excluding hydrogens is 245 g/mol. The highest BCUT2D eigenvalue weighted by molar-refractivity contribution is 7.10. The number of hydrogen-bond acceptors (Lipinski definition) is 2. The van der Waals surface area contributed by atoms with Gasteiger partial charge in [-0.15, -0.1) is 11.3 Å². The summed E-state index contributed by atoms with van der Waals surface area (Å²) >= 11 is 1.70. The Morgan fingerprint density at radius 2 is 1.78 bits per heavy atom. The van der Waals surface area contributed by atoms with E-state index in [-0.39, 0.29) is 11.2 Å². The molecule has 0 radical (unpaired) electrons. The largest absolute Gasteiger partial charge is 0.241 e. The predicted molar refractivity (Wildman–Crippen MR) is 75.4 cm³/mol. The number of hydrogen-bond donors (Lipinski definition) is 0. The molecule has 0 amide bonds. The smallest absolute Gasteiger partial charge is 0.123 e. The van der Waals surface area contributed by atoms with E-state index < -0.39 is 0 Å². The van der Waals surface area contributed by atoms with Crippen LogP contribution in [0.25, 0.3) is 11.3 Å². The molecule has 0 aliphatic carbocycles. The minimum atomic E-state index is -0.207. The maximum atomic E-state index is 12.9. The molecule has 3 heteroatoms. The second-order valence-electron chi connectivity index (χ2n) is 4.81. The van der Waals surface area contributed by atoms with Crippen LogP contribution in [0.2, 0.25) is 0 Å². The van der Waals surface area contributed by atoms with Gasteiger partial charge in [0.25, 0.3) is 0 Å². The first-order chi connectivity index (χ1) is 8.59. The lowest BCUT2D eigenvalue weighted by Gasteiger charge is -2.23. The Kier molecular flexibility index (Phi) is 3.81. The van der Waals surface area contributed by atoms with Gasteiger partial charge < -0.3 is 0 Å². The van der Waals surface area contributed by atoms with Gasteiger partial charge in [-0.2, -0.15) is 0 Å². The molecule has 0 aliphatic rings. The third kappa shape index (κ3) is 2.46. The predicted octanol–water partition coefficient (Wildman–Crippen LogP) is 5.03. The molecule has 0 atom stereocenters. The third-order valence-corrected chi connectivity index (χ3v) is 4.87. The highest BCUT2D eigenvalue weighted by Crippen LogP contribution is 2.35. The molecule has 0 saturated carbocycles. The quantitative estimate of drug-likeness (QED) is 0.754. The molecule has 0 N–H and O–H groups in total. The van der Waals surface area contributed by atoms with Gasteiger partial charge in [0, 0.05) is 16.4 Å². The average molecular weight is 263 g/mol. The van der Waals surface area contributed by atoms with Crippen LogP contribution in [0, 0.1) is 5.82 Å². The van der Waals surface area contributed by atoms with E-state index in [1.165, 1.54) is 17.1 Å². The Morgan fingerprint density at radius 1 is 1.17 bits per heavy atom. The Bertz CT molecular complexity index is 512. The second kappa shape index (κ2) is 5.19. The lowest BCUT2D eigenvalue weighted by atomic mass is 9.85. The fraction of sp³-hybridized carbons (Fsp3) is 0.400. The zero-order chi connectivity index (χ0) is 13.2. The number of nitrogens with zero attached hydrogens (tertiary/aromatic N) is 1. The molecule has 0 saturated heterocycles. The molecule has 18 heavy (non-hydrogen) atoms. The summed E-state index contributed by atoms with van der Waals surface area (Å²) in [4.78, 5) is 4.72. The first-order valence-electron chi connectivity index (χ1n) is 6.31. The molecule has 0 bridgehead atoms. The van der Waals surface area contributed by atoms with E-state index in [1.54, 1.807) is 23.5 Å². The number of thiazole rings is 1. The van der Waals surface area contributed by atoms with Crippen molar-refractivity contribution >= 4 is 11.3 Å². The van der Waals surface area contributed by atoms with Crippen molar-refractivity contribution in [2.45, 2.75) is 39.0 Å². The first-order valence-corrected chi connectivity index (χ1v) is 7.19. The number of aromatic nitrogens is 1. The summed E-state index contributed by atoms with van der Waals surface area (Å²) in [5, 5.41) is 3.23. The molecule has 0 spiro atoms. The molecule has 1 aromatic heterocycles.